The zero-order valence-electron chi connectivity index (χ0n) is 15.7. The van der Waals surface area contributed by atoms with Crippen molar-refractivity contribution in [2.75, 3.05) is 20.3 Å². The number of methoxy groups -OCH3 is 1. The van der Waals surface area contributed by atoms with Crippen LogP contribution in [0.25, 0.3) is 10.9 Å². The lowest BCUT2D eigenvalue weighted by Gasteiger charge is -2.16. The van der Waals surface area contributed by atoms with E-state index in [1.165, 1.54) is 5.56 Å². The van der Waals surface area contributed by atoms with Crippen LogP contribution in [0.5, 0.6) is 11.5 Å². The largest absolute Gasteiger partial charge is 0.497 e. The number of rotatable bonds is 7. The molecule has 1 aliphatic rings. The molecule has 0 bridgehead atoms. The zero-order chi connectivity index (χ0) is 18.9. The summed E-state index contributed by atoms with van der Waals surface area (Å²) in [6.45, 7) is 2.67. The second-order valence-electron chi connectivity index (χ2n) is 7.27. The SMILES string of the molecule is COc1ccc2[nH]cc(C3(CNC(=O)COc4ccc(C)cc4)CC3)c2c1. The van der Waals surface area contributed by atoms with E-state index in [9.17, 15) is 4.79 Å². The molecule has 0 saturated heterocycles. The summed E-state index contributed by atoms with van der Waals surface area (Å²) in [4.78, 5) is 15.6. The van der Waals surface area contributed by atoms with Crippen LogP contribution in [-0.4, -0.2) is 31.2 Å². The minimum atomic E-state index is -0.0979. The Morgan fingerprint density at radius 3 is 2.59 bits per heavy atom. The third kappa shape index (κ3) is 3.63. The van der Waals surface area contributed by atoms with Crippen molar-refractivity contribution in [3.05, 3.63) is 59.8 Å². The maximum Gasteiger partial charge on any atom is 0.257 e. The Morgan fingerprint density at radius 1 is 1.15 bits per heavy atom. The van der Waals surface area contributed by atoms with Crippen molar-refractivity contribution in [2.45, 2.75) is 25.2 Å². The smallest absolute Gasteiger partial charge is 0.257 e. The van der Waals surface area contributed by atoms with Gasteiger partial charge in [0.2, 0.25) is 0 Å². The van der Waals surface area contributed by atoms with Gasteiger partial charge >= 0.3 is 0 Å². The lowest BCUT2D eigenvalue weighted by atomic mass is 9.95. The monoisotopic (exact) mass is 364 g/mol. The Kier molecular flexibility index (Phi) is 4.52. The van der Waals surface area contributed by atoms with E-state index in [4.69, 9.17) is 9.47 Å². The lowest BCUT2D eigenvalue weighted by molar-refractivity contribution is -0.123. The van der Waals surface area contributed by atoms with Crippen molar-refractivity contribution >= 4 is 16.8 Å². The molecule has 2 N–H and O–H groups in total. The number of aromatic nitrogens is 1. The van der Waals surface area contributed by atoms with Gasteiger partial charge in [-0.2, -0.15) is 0 Å². The van der Waals surface area contributed by atoms with E-state index < -0.39 is 0 Å². The molecule has 0 atom stereocenters. The average Bonchev–Trinajstić information content (AvgIpc) is 3.36. The summed E-state index contributed by atoms with van der Waals surface area (Å²) < 4.78 is 10.9. The molecule has 0 unspecified atom stereocenters. The predicted octanol–water partition coefficient (Wildman–Crippen LogP) is 3.71. The van der Waals surface area contributed by atoms with Crippen molar-refractivity contribution in [1.82, 2.24) is 10.3 Å². The molecule has 27 heavy (non-hydrogen) atoms. The molecule has 0 aliphatic heterocycles. The van der Waals surface area contributed by atoms with Crippen LogP contribution < -0.4 is 14.8 Å². The molecule has 140 valence electrons. The fourth-order valence-corrected chi connectivity index (χ4v) is 3.46. The standard InChI is InChI=1S/C22H24N2O3/c1-15-3-5-16(6-4-15)27-13-21(25)24-14-22(9-10-22)19-12-23-20-8-7-17(26-2)11-18(19)20/h3-8,11-12,23H,9-10,13-14H2,1-2H3,(H,24,25). The topological polar surface area (TPSA) is 63.3 Å². The summed E-state index contributed by atoms with van der Waals surface area (Å²) in [5.74, 6) is 1.45. The fourth-order valence-electron chi connectivity index (χ4n) is 3.46. The molecule has 1 aliphatic carbocycles. The van der Waals surface area contributed by atoms with Crippen LogP contribution in [0.3, 0.4) is 0 Å². The number of hydrogen-bond donors (Lipinski definition) is 2. The summed E-state index contributed by atoms with van der Waals surface area (Å²) in [5, 5.41) is 4.20. The normalized spacial score (nSPS) is 14.7. The van der Waals surface area contributed by atoms with Crippen LogP contribution in [0.2, 0.25) is 0 Å². The zero-order valence-corrected chi connectivity index (χ0v) is 15.7. The number of fused-ring (bicyclic) bond motifs is 1. The number of aryl methyl sites for hydroxylation is 1. The number of amides is 1. The molecule has 0 radical (unpaired) electrons. The third-order valence-electron chi connectivity index (χ3n) is 5.33. The molecule has 3 aromatic rings. The maximum absolute atomic E-state index is 12.2. The number of hydrogen-bond acceptors (Lipinski definition) is 3. The van der Waals surface area contributed by atoms with Crippen molar-refractivity contribution in [1.29, 1.82) is 0 Å². The van der Waals surface area contributed by atoms with Gasteiger partial charge in [0.15, 0.2) is 6.61 Å². The molecule has 1 heterocycles. The van der Waals surface area contributed by atoms with Gasteiger partial charge in [0.05, 0.1) is 7.11 Å². The van der Waals surface area contributed by atoms with E-state index in [0.29, 0.717) is 12.3 Å². The van der Waals surface area contributed by atoms with E-state index in [0.717, 1.165) is 35.1 Å². The summed E-state index contributed by atoms with van der Waals surface area (Å²) in [6.07, 6.45) is 4.19. The van der Waals surface area contributed by atoms with Gasteiger partial charge in [0.1, 0.15) is 11.5 Å². The highest BCUT2D eigenvalue weighted by molar-refractivity contribution is 5.86. The molecule has 2 aromatic carbocycles. The van der Waals surface area contributed by atoms with Gasteiger partial charge < -0.3 is 19.8 Å². The van der Waals surface area contributed by atoms with Gasteiger partial charge in [-0.1, -0.05) is 17.7 Å². The van der Waals surface area contributed by atoms with Crippen LogP contribution in [0.15, 0.2) is 48.7 Å². The molecular formula is C22H24N2O3. The van der Waals surface area contributed by atoms with E-state index in [1.807, 2.05) is 43.3 Å². The first-order chi connectivity index (χ1) is 13.1. The molecule has 0 spiro atoms. The molecule has 1 aromatic heterocycles. The highest BCUT2D eigenvalue weighted by Crippen LogP contribution is 2.50. The lowest BCUT2D eigenvalue weighted by Crippen LogP contribution is -2.35. The Labute approximate surface area is 158 Å². The number of carbonyl (C=O) groups excluding carboxylic acids is 1. The maximum atomic E-state index is 12.2. The highest BCUT2D eigenvalue weighted by Gasteiger charge is 2.45. The molecular weight excluding hydrogens is 340 g/mol. The Balaban J connectivity index is 1.39. The van der Waals surface area contributed by atoms with Crippen LogP contribution in [0.4, 0.5) is 0 Å². The first-order valence-corrected chi connectivity index (χ1v) is 9.21. The molecule has 1 saturated carbocycles. The van der Waals surface area contributed by atoms with E-state index in [2.05, 4.69) is 22.6 Å². The first-order valence-electron chi connectivity index (χ1n) is 9.21. The summed E-state index contributed by atoms with van der Waals surface area (Å²) in [7, 11) is 1.68. The van der Waals surface area contributed by atoms with Crippen molar-refractivity contribution in [3.63, 3.8) is 0 Å². The van der Waals surface area contributed by atoms with Gasteiger partial charge in [-0.3, -0.25) is 4.79 Å². The molecule has 1 amide bonds. The Morgan fingerprint density at radius 2 is 1.89 bits per heavy atom. The van der Waals surface area contributed by atoms with Crippen LogP contribution in [0, 0.1) is 6.92 Å². The van der Waals surface area contributed by atoms with Gasteiger partial charge in [-0.25, -0.2) is 0 Å². The summed E-state index contributed by atoms with van der Waals surface area (Å²) in [5.41, 5.74) is 3.50. The van der Waals surface area contributed by atoms with E-state index in [1.54, 1.807) is 7.11 Å². The average molecular weight is 364 g/mol. The number of benzene rings is 2. The second kappa shape index (κ2) is 6.99. The minimum absolute atomic E-state index is 0.00410. The summed E-state index contributed by atoms with van der Waals surface area (Å²) >= 11 is 0. The quantitative estimate of drug-likeness (QED) is 0.672. The van der Waals surface area contributed by atoms with Crippen molar-refractivity contribution < 1.29 is 14.3 Å². The third-order valence-corrected chi connectivity index (χ3v) is 5.33. The van der Waals surface area contributed by atoms with Crippen LogP contribution >= 0.6 is 0 Å². The molecule has 5 heteroatoms. The van der Waals surface area contributed by atoms with Crippen LogP contribution in [0.1, 0.15) is 24.0 Å². The first kappa shape index (κ1) is 17.5. The van der Waals surface area contributed by atoms with Crippen molar-refractivity contribution in [2.24, 2.45) is 0 Å². The number of aromatic amines is 1. The van der Waals surface area contributed by atoms with E-state index >= 15 is 0 Å². The van der Waals surface area contributed by atoms with Gasteiger partial charge in [-0.15, -0.1) is 0 Å². The predicted molar refractivity (Wildman–Crippen MR) is 105 cm³/mol. The van der Waals surface area contributed by atoms with Crippen molar-refractivity contribution in [3.8, 4) is 11.5 Å². The van der Waals surface area contributed by atoms with Gasteiger partial charge in [0, 0.05) is 29.1 Å². The number of carbonyl (C=O) groups is 1. The molecule has 4 rings (SSSR count). The summed E-state index contributed by atoms with van der Waals surface area (Å²) in [6, 6.07) is 13.7. The van der Waals surface area contributed by atoms with Gasteiger partial charge in [0.25, 0.3) is 5.91 Å². The molecule has 1 fully saturated rings. The number of nitrogens with one attached hydrogen (secondary N) is 2. The van der Waals surface area contributed by atoms with E-state index in [-0.39, 0.29) is 17.9 Å². The Bertz CT molecular complexity index is 955. The molecule has 5 nitrogen and oxygen atoms in total. The number of H-pyrrole nitrogens is 1. The minimum Gasteiger partial charge on any atom is -0.497 e. The van der Waals surface area contributed by atoms with Crippen LogP contribution in [-0.2, 0) is 10.2 Å². The second-order valence-corrected chi connectivity index (χ2v) is 7.27. The van der Waals surface area contributed by atoms with Gasteiger partial charge in [-0.05, 0) is 55.7 Å². The number of ether oxygens (including phenoxy) is 2. The Hall–Kier alpha value is -2.95. The highest BCUT2D eigenvalue weighted by atomic mass is 16.5. The fraction of sp³-hybridized carbons (Fsp3) is 0.318.